The fourth-order valence-electron chi connectivity index (χ4n) is 3.17. The summed E-state index contributed by atoms with van der Waals surface area (Å²) in [7, 11) is 0. The van der Waals surface area contributed by atoms with Gasteiger partial charge in [0.2, 0.25) is 0 Å². The molecule has 0 bridgehead atoms. The average molecular weight is 247 g/mol. The van der Waals surface area contributed by atoms with E-state index >= 15 is 0 Å². The molecular weight excluding hydrogens is 226 g/mol. The van der Waals surface area contributed by atoms with Gasteiger partial charge in [0.25, 0.3) is 0 Å². The molecule has 0 amide bonds. The molecule has 3 rings (SSSR count). The molecule has 2 aliphatic heterocycles. The van der Waals surface area contributed by atoms with Gasteiger partial charge in [-0.2, -0.15) is 0 Å². The van der Waals surface area contributed by atoms with E-state index in [9.17, 15) is 0 Å². The number of anilines is 3. The second-order valence-electron chi connectivity index (χ2n) is 5.31. The lowest BCUT2D eigenvalue weighted by Gasteiger charge is -2.32. The molecule has 2 unspecified atom stereocenters. The number of nitrogens with zero attached hydrogens (tertiary/aromatic N) is 2. The minimum absolute atomic E-state index is 0.415. The Balaban J connectivity index is 1.70. The molecule has 3 heterocycles. The van der Waals surface area contributed by atoms with E-state index in [0.29, 0.717) is 23.6 Å². The molecule has 0 aromatic carbocycles. The number of pyridine rings is 1. The highest BCUT2D eigenvalue weighted by molar-refractivity contribution is 5.61. The van der Waals surface area contributed by atoms with Crippen molar-refractivity contribution in [2.24, 2.45) is 0 Å². The number of piperidine rings is 1. The Hall–Kier alpha value is -1.49. The highest BCUT2D eigenvalue weighted by Gasteiger charge is 2.35. The van der Waals surface area contributed by atoms with Gasteiger partial charge in [-0.25, -0.2) is 4.98 Å². The van der Waals surface area contributed by atoms with Crippen LogP contribution in [-0.4, -0.2) is 35.1 Å². The van der Waals surface area contributed by atoms with E-state index in [-0.39, 0.29) is 0 Å². The van der Waals surface area contributed by atoms with Gasteiger partial charge in [0.1, 0.15) is 11.6 Å². The van der Waals surface area contributed by atoms with Crippen molar-refractivity contribution in [3.8, 4) is 0 Å². The number of hydrogen-bond donors (Lipinski definition) is 3. The second kappa shape index (κ2) is 4.65. The van der Waals surface area contributed by atoms with Crippen LogP contribution < -0.4 is 16.8 Å². The Morgan fingerprint density at radius 3 is 2.89 bits per heavy atom. The van der Waals surface area contributed by atoms with Gasteiger partial charge in [-0.1, -0.05) is 6.42 Å². The number of nitrogens with two attached hydrogens (primary N) is 2. The lowest BCUT2D eigenvalue weighted by molar-refractivity contribution is 0.192. The Morgan fingerprint density at radius 2 is 2.06 bits per heavy atom. The SMILES string of the molecule is Nc1ccc(NC2CCN3CCCCC23)nc1N. The maximum absolute atomic E-state index is 5.74. The molecule has 2 fully saturated rings. The topological polar surface area (TPSA) is 80.2 Å². The molecule has 0 radical (unpaired) electrons. The van der Waals surface area contributed by atoms with Gasteiger partial charge >= 0.3 is 0 Å². The highest BCUT2D eigenvalue weighted by atomic mass is 15.2. The summed E-state index contributed by atoms with van der Waals surface area (Å²) in [5.74, 6) is 1.26. The molecule has 0 spiro atoms. The minimum atomic E-state index is 0.415. The summed E-state index contributed by atoms with van der Waals surface area (Å²) < 4.78 is 0. The van der Waals surface area contributed by atoms with Crippen LogP contribution in [0.1, 0.15) is 25.7 Å². The van der Waals surface area contributed by atoms with Crippen LogP contribution in [0.25, 0.3) is 0 Å². The number of hydrogen-bond acceptors (Lipinski definition) is 5. The van der Waals surface area contributed by atoms with Crippen LogP contribution in [0.4, 0.5) is 17.3 Å². The summed E-state index contributed by atoms with van der Waals surface area (Å²) in [5, 5.41) is 3.52. The van der Waals surface area contributed by atoms with E-state index in [1.807, 2.05) is 12.1 Å². The molecule has 2 saturated heterocycles. The van der Waals surface area contributed by atoms with Gasteiger partial charge in [0, 0.05) is 18.6 Å². The third-order valence-electron chi connectivity index (χ3n) is 4.15. The van der Waals surface area contributed by atoms with Gasteiger partial charge in [-0.05, 0) is 37.9 Å². The molecule has 5 heteroatoms. The van der Waals surface area contributed by atoms with Crippen LogP contribution in [0.2, 0.25) is 0 Å². The fraction of sp³-hybridized carbons (Fsp3) is 0.615. The summed E-state index contributed by atoms with van der Waals surface area (Å²) in [4.78, 5) is 6.90. The first-order chi connectivity index (χ1) is 8.74. The number of rotatable bonds is 2. The van der Waals surface area contributed by atoms with Crippen LogP contribution >= 0.6 is 0 Å². The molecule has 5 N–H and O–H groups in total. The maximum atomic E-state index is 5.74. The predicted molar refractivity (Wildman–Crippen MR) is 74.3 cm³/mol. The van der Waals surface area contributed by atoms with E-state index in [4.69, 9.17) is 11.5 Å². The smallest absolute Gasteiger partial charge is 0.149 e. The van der Waals surface area contributed by atoms with Crippen molar-refractivity contribution in [1.29, 1.82) is 0 Å². The first-order valence-corrected chi connectivity index (χ1v) is 6.76. The quantitative estimate of drug-likeness (QED) is 0.733. The summed E-state index contributed by atoms with van der Waals surface area (Å²) in [5.41, 5.74) is 12.0. The highest BCUT2D eigenvalue weighted by Crippen LogP contribution is 2.29. The summed E-state index contributed by atoms with van der Waals surface area (Å²) in [6.07, 6.45) is 5.17. The van der Waals surface area contributed by atoms with Crippen molar-refractivity contribution in [3.05, 3.63) is 12.1 Å². The van der Waals surface area contributed by atoms with Crippen LogP contribution in [0, 0.1) is 0 Å². The summed E-state index contributed by atoms with van der Waals surface area (Å²) >= 11 is 0. The monoisotopic (exact) mass is 247 g/mol. The van der Waals surface area contributed by atoms with Gasteiger partial charge in [-0.15, -0.1) is 0 Å². The molecular formula is C13H21N5. The number of fused-ring (bicyclic) bond motifs is 1. The first kappa shape index (κ1) is 11.6. The van der Waals surface area contributed by atoms with E-state index in [2.05, 4.69) is 15.2 Å². The van der Waals surface area contributed by atoms with Crippen molar-refractivity contribution in [3.63, 3.8) is 0 Å². The molecule has 5 nitrogen and oxygen atoms in total. The van der Waals surface area contributed by atoms with Gasteiger partial charge < -0.3 is 16.8 Å². The third kappa shape index (κ3) is 2.10. The molecule has 98 valence electrons. The van der Waals surface area contributed by atoms with E-state index in [1.165, 1.54) is 38.8 Å². The molecule has 0 saturated carbocycles. The van der Waals surface area contributed by atoms with Gasteiger partial charge in [0.05, 0.1) is 5.69 Å². The Kier molecular flexibility index (Phi) is 2.99. The summed E-state index contributed by atoms with van der Waals surface area (Å²) in [6, 6.07) is 4.90. The molecule has 1 aromatic rings. The lowest BCUT2D eigenvalue weighted by Crippen LogP contribution is -2.41. The molecule has 2 aliphatic rings. The van der Waals surface area contributed by atoms with Crippen LogP contribution in [0.3, 0.4) is 0 Å². The largest absolute Gasteiger partial charge is 0.396 e. The molecule has 0 aliphatic carbocycles. The zero-order valence-electron chi connectivity index (χ0n) is 10.6. The summed E-state index contributed by atoms with van der Waals surface area (Å²) in [6.45, 7) is 2.45. The Labute approximate surface area is 108 Å². The predicted octanol–water partition coefficient (Wildman–Crippen LogP) is 1.28. The number of aromatic nitrogens is 1. The standard InChI is InChI=1S/C13H21N5/c14-9-4-5-12(17-13(9)15)16-10-6-8-18-7-2-1-3-11(10)18/h4-5,10-11H,1-3,6-8,14H2,(H3,15,16,17). The molecule has 1 aromatic heterocycles. The molecule has 18 heavy (non-hydrogen) atoms. The van der Waals surface area contributed by atoms with Crippen LogP contribution in [0.5, 0.6) is 0 Å². The normalized spacial score (nSPS) is 28.0. The minimum Gasteiger partial charge on any atom is -0.396 e. The maximum Gasteiger partial charge on any atom is 0.149 e. The van der Waals surface area contributed by atoms with Crippen molar-refractivity contribution < 1.29 is 0 Å². The Morgan fingerprint density at radius 1 is 1.17 bits per heavy atom. The fourth-order valence-corrected chi connectivity index (χ4v) is 3.17. The van der Waals surface area contributed by atoms with Crippen molar-refractivity contribution >= 4 is 17.3 Å². The third-order valence-corrected chi connectivity index (χ3v) is 4.15. The van der Waals surface area contributed by atoms with Gasteiger partial charge in [-0.3, -0.25) is 4.90 Å². The van der Waals surface area contributed by atoms with E-state index < -0.39 is 0 Å². The molecule has 2 atom stereocenters. The van der Waals surface area contributed by atoms with Crippen molar-refractivity contribution in [2.75, 3.05) is 29.9 Å². The second-order valence-corrected chi connectivity index (χ2v) is 5.31. The van der Waals surface area contributed by atoms with Crippen molar-refractivity contribution in [2.45, 2.75) is 37.8 Å². The first-order valence-electron chi connectivity index (χ1n) is 6.76. The van der Waals surface area contributed by atoms with Gasteiger partial charge in [0.15, 0.2) is 0 Å². The van der Waals surface area contributed by atoms with Crippen LogP contribution in [0.15, 0.2) is 12.1 Å². The van der Waals surface area contributed by atoms with E-state index in [1.54, 1.807) is 0 Å². The number of nitrogen functional groups attached to an aromatic ring is 2. The zero-order chi connectivity index (χ0) is 12.5. The van der Waals surface area contributed by atoms with E-state index in [0.717, 1.165) is 5.82 Å². The number of nitrogens with one attached hydrogen (secondary N) is 1. The zero-order valence-corrected chi connectivity index (χ0v) is 10.6. The van der Waals surface area contributed by atoms with Crippen molar-refractivity contribution in [1.82, 2.24) is 9.88 Å². The Bertz CT molecular complexity index is 433. The van der Waals surface area contributed by atoms with Crippen LogP contribution in [-0.2, 0) is 0 Å². The lowest BCUT2D eigenvalue weighted by atomic mass is 9.99. The average Bonchev–Trinajstić information content (AvgIpc) is 2.78.